The molecule has 4 nitrogen and oxygen atoms in total. The molecule has 0 fully saturated rings. The van der Waals surface area contributed by atoms with Crippen molar-refractivity contribution < 1.29 is 0 Å². The molecule has 1 unspecified atom stereocenters. The highest BCUT2D eigenvalue weighted by Crippen LogP contribution is 2.28. The molecule has 0 spiro atoms. The number of rotatable bonds is 3. The van der Waals surface area contributed by atoms with E-state index >= 15 is 0 Å². The predicted molar refractivity (Wildman–Crippen MR) is 74.8 cm³/mol. The molecule has 0 bridgehead atoms. The van der Waals surface area contributed by atoms with Crippen molar-refractivity contribution in [1.29, 1.82) is 0 Å². The number of fused-ring (bicyclic) bond motifs is 1. The average molecular weight is 256 g/mol. The Morgan fingerprint density at radius 1 is 1.42 bits per heavy atom. The molecule has 1 aliphatic rings. The lowest BCUT2D eigenvalue weighted by Gasteiger charge is -2.25. The molecular weight excluding hydrogens is 236 g/mol. The van der Waals surface area contributed by atoms with Crippen LogP contribution < -0.4 is 5.32 Å². The maximum Gasteiger partial charge on any atom is 0.0792 e. The molecule has 2 heterocycles. The first-order valence-corrected chi connectivity index (χ1v) is 6.93. The molecule has 2 N–H and O–H groups in total. The Bertz CT molecular complexity index is 573. The van der Waals surface area contributed by atoms with Crippen molar-refractivity contribution in [3.8, 4) is 0 Å². The molecule has 0 radical (unpaired) electrons. The maximum atomic E-state index is 4.48. The van der Waals surface area contributed by atoms with Gasteiger partial charge in [0.05, 0.1) is 5.69 Å². The number of aromatic nitrogens is 3. The molecule has 4 heteroatoms. The minimum Gasteiger partial charge on any atom is -0.304 e. The highest BCUT2D eigenvalue weighted by atomic mass is 15.1. The summed E-state index contributed by atoms with van der Waals surface area (Å²) in [5.41, 5.74) is 6.14. The van der Waals surface area contributed by atoms with Crippen molar-refractivity contribution in [2.75, 3.05) is 0 Å². The Morgan fingerprint density at radius 2 is 2.32 bits per heavy atom. The van der Waals surface area contributed by atoms with Gasteiger partial charge in [-0.2, -0.15) is 5.10 Å². The van der Waals surface area contributed by atoms with Crippen LogP contribution in [0.5, 0.6) is 0 Å². The van der Waals surface area contributed by atoms with Gasteiger partial charge < -0.3 is 5.32 Å². The van der Waals surface area contributed by atoms with E-state index in [2.05, 4.69) is 40.4 Å². The topological polar surface area (TPSA) is 53.6 Å². The van der Waals surface area contributed by atoms with Gasteiger partial charge in [0, 0.05) is 30.2 Å². The second-order valence-corrected chi connectivity index (χ2v) is 5.29. The second kappa shape index (κ2) is 5.13. The zero-order valence-corrected chi connectivity index (χ0v) is 11.5. The Kier molecular flexibility index (Phi) is 3.34. The minimum absolute atomic E-state index is 0.411. The molecule has 0 aromatic carbocycles. The van der Waals surface area contributed by atoms with E-state index in [4.69, 9.17) is 0 Å². The van der Waals surface area contributed by atoms with Gasteiger partial charge in [0.15, 0.2) is 0 Å². The lowest BCUT2D eigenvalue weighted by molar-refractivity contribution is 0.450. The van der Waals surface area contributed by atoms with Crippen molar-refractivity contribution in [2.24, 2.45) is 0 Å². The summed E-state index contributed by atoms with van der Waals surface area (Å²) in [5, 5.41) is 11.0. The normalized spacial score (nSPS) is 18.3. The molecule has 1 aliphatic carbocycles. The highest BCUT2D eigenvalue weighted by Gasteiger charge is 2.20. The lowest BCUT2D eigenvalue weighted by Crippen LogP contribution is -2.25. The van der Waals surface area contributed by atoms with E-state index in [1.165, 1.54) is 29.7 Å². The first kappa shape index (κ1) is 12.4. The third-order valence-corrected chi connectivity index (χ3v) is 4.08. The number of H-pyrrole nitrogens is 1. The molecule has 2 aromatic rings. The molecule has 0 saturated heterocycles. The molecule has 0 aliphatic heterocycles. The molecule has 2 aromatic heterocycles. The van der Waals surface area contributed by atoms with Crippen LogP contribution in [0, 0.1) is 13.8 Å². The molecule has 0 saturated carbocycles. The Hall–Kier alpha value is -1.68. The molecule has 100 valence electrons. The van der Waals surface area contributed by atoms with Gasteiger partial charge in [-0.25, -0.2) is 0 Å². The first-order valence-electron chi connectivity index (χ1n) is 6.93. The minimum atomic E-state index is 0.411. The van der Waals surface area contributed by atoms with E-state index in [1.54, 1.807) is 0 Å². The fraction of sp³-hybridized carbons (Fsp3) is 0.467. The summed E-state index contributed by atoms with van der Waals surface area (Å²) in [6.45, 7) is 4.99. The van der Waals surface area contributed by atoms with Gasteiger partial charge in [0.1, 0.15) is 0 Å². The van der Waals surface area contributed by atoms with E-state index in [-0.39, 0.29) is 0 Å². The third kappa shape index (κ3) is 2.40. The summed E-state index contributed by atoms with van der Waals surface area (Å²) in [5.74, 6) is 0. The van der Waals surface area contributed by atoms with Gasteiger partial charge in [-0.05, 0) is 50.3 Å². The average Bonchev–Trinajstić information content (AvgIpc) is 2.76. The van der Waals surface area contributed by atoms with E-state index in [0.29, 0.717) is 6.04 Å². The summed E-state index contributed by atoms with van der Waals surface area (Å²) in [6, 6.07) is 4.64. The predicted octanol–water partition coefficient (Wildman–Crippen LogP) is 2.59. The summed E-state index contributed by atoms with van der Waals surface area (Å²) in [4.78, 5) is 4.48. The van der Waals surface area contributed by atoms with Gasteiger partial charge in [-0.1, -0.05) is 6.07 Å². The van der Waals surface area contributed by atoms with Crippen molar-refractivity contribution in [3.05, 3.63) is 46.5 Å². The van der Waals surface area contributed by atoms with Gasteiger partial charge >= 0.3 is 0 Å². The Balaban J connectivity index is 1.73. The largest absolute Gasteiger partial charge is 0.304 e. The summed E-state index contributed by atoms with van der Waals surface area (Å²) < 4.78 is 0. The van der Waals surface area contributed by atoms with Crippen LogP contribution in [0.15, 0.2) is 18.3 Å². The third-order valence-electron chi connectivity index (χ3n) is 4.08. The van der Waals surface area contributed by atoms with Crippen LogP contribution >= 0.6 is 0 Å². The standard InChI is InChI=1S/C15H20N4/c1-10-11(2)18-19-15(10)9-17-14-7-3-6-13-12(14)5-4-8-16-13/h4-5,8,14,17H,3,6-7,9H2,1-2H3,(H,18,19). The number of aryl methyl sites for hydroxylation is 2. The van der Waals surface area contributed by atoms with Crippen LogP contribution in [-0.4, -0.2) is 15.2 Å². The molecule has 3 rings (SSSR count). The number of nitrogens with one attached hydrogen (secondary N) is 2. The van der Waals surface area contributed by atoms with Gasteiger partial charge in [0.25, 0.3) is 0 Å². The second-order valence-electron chi connectivity index (χ2n) is 5.29. The molecule has 0 amide bonds. The molecular formula is C15H20N4. The van der Waals surface area contributed by atoms with Crippen molar-refractivity contribution in [3.63, 3.8) is 0 Å². The van der Waals surface area contributed by atoms with Crippen molar-refractivity contribution in [1.82, 2.24) is 20.5 Å². The number of pyridine rings is 1. The lowest BCUT2D eigenvalue weighted by atomic mass is 9.91. The number of hydrogen-bond donors (Lipinski definition) is 2. The van der Waals surface area contributed by atoms with Crippen molar-refractivity contribution >= 4 is 0 Å². The van der Waals surface area contributed by atoms with Crippen LogP contribution in [0.2, 0.25) is 0 Å². The Labute approximate surface area is 113 Å². The number of hydrogen-bond acceptors (Lipinski definition) is 3. The highest BCUT2D eigenvalue weighted by molar-refractivity contribution is 5.27. The van der Waals surface area contributed by atoms with E-state index in [9.17, 15) is 0 Å². The van der Waals surface area contributed by atoms with Crippen LogP contribution in [0.4, 0.5) is 0 Å². The smallest absolute Gasteiger partial charge is 0.0792 e. The van der Waals surface area contributed by atoms with Gasteiger partial charge in [-0.3, -0.25) is 10.1 Å². The van der Waals surface area contributed by atoms with Gasteiger partial charge in [-0.15, -0.1) is 0 Å². The van der Waals surface area contributed by atoms with E-state index < -0.39 is 0 Å². The number of aromatic amines is 1. The fourth-order valence-corrected chi connectivity index (χ4v) is 2.75. The monoisotopic (exact) mass is 256 g/mol. The SMILES string of the molecule is Cc1[nH]nc(CNC2CCCc3ncccc32)c1C. The summed E-state index contributed by atoms with van der Waals surface area (Å²) >= 11 is 0. The maximum absolute atomic E-state index is 4.48. The van der Waals surface area contributed by atoms with Crippen LogP contribution in [0.3, 0.4) is 0 Å². The van der Waals surface area contributed by atoms with Crippen molar-refractivity contribution in [2.45, 2.75) is 45.7 Å². The quantitative estimate of drug-likeness (QED) is 0.887. The number of nitrogens with zero attached hydrogens (tertiary/aromatic N) is 2. The van der Waals surface area contributed by atoms with E-state index in [1.807, 2.05) is 12.3 Å². The van der Waals surface area contributed by atoms with Crippen LogP contribution in [0.1, 0.15) is 47.1 Å². The fourth-order valence-electron chi connectivity index (χ4n) is 2.75. The zero-order valence-electron chi connectivity index (χ0n) is 11.5. The molecule has 19 heavy (non-hydrogen) atoms. The first-order chi connectivity index (χ1) is 9.25. The van der Waals surface area contributed by atoms with Crippen LogP contribution in [-0.2, 0) is 13.0 Å². The molecule has 1 atom stereocenters. The van der Waals surface area contributed by atoms with Gasteiger partial charge in [0.2, 0.25) is 0 Å². The van der Waals surface area contributed by atoms with Crippen LogP contribution in [0.25, 0.3) is 0 Å². The zero-order chi connectivity index (χ0) is 13.2. The summed E-state index contributed by atoms with van der Waals surface area (Å²) in [7, 11) is 0. The van der Waals surface area contributed by atoms with E-state index in [0.717, 1.165) is 24.4 Å². The Morgan fingerprint density at radius 3 is 3.11 bits per heavy atom. The summed E-state index contributed by atoms with van der Waals surface area (Å²) in [6.07, 6.45) is 5.39.